The molecule has 13 heavy (non-hydrogen) atoms. The van der Waals surface area contributed by atoms with E-state index < -0.39 is 9.84 Å². The lowest BCUT2D eigenvalue weighted by Gasteiger charge is -2.08. The Morgan fingerprint density at radius 2 is 2.23 bits per heavy atom. The van der Waals surface area contributed by atoms with E-state index in [0.29, 0.717) is 12.4 Å². The maximum Gasteiger partial charge on any atom is 0.151 e. The van der Waals surface area contributed by atoms with E-state index in [4.69, 9.17) is 4.74 Å². The molecule has 0 saturated carbocycles. The van der Waals surface area contributed by atoms with Crippen LogP contribution in [0.15, 0.2) is 0 Å². The van der Waals surface area contributed by atoms with E-state index in [0.717, 1.165) is 13.0 Å². The fraction of sp³-hybridized carbons (Fsp3) is 1.00. The van der Waals surface area contributed by atoms with Crippen LogP contribution in [0.3, 0.4) is 0 Å². The summed E-state index contributed by atoms with van der Waals surface area (Å²) >= 11 is 0. The molecule has 0 aliphatic carbocycles. The number of sulfone groups is 1. The number of hydrogen-bond acceptors (Lipinski definition) is 4. The second-order valence-corrected chi connectivity index (χ2v) is 5.28. The van der Waals surface area contributed by atoms with Crippen molar-refractivity contribution in [2.75, 3.05) is 31.8 Å². The van der Waals surface area contributed by atoms with Gasteiger partial charge >= 0.3 is 0 Å². The molecule has 1 rings (SSSR count). The zero-order valence-corrected chi connectivity index (χ0v) is 9.29. The van der Waals surface area contributed by atoms with Gasteiger partial charge in [-0.15, -0.1) is 12.4 Å². The van der Waals surface area contributed by atoms with Gasteiger partial charge in [-0.25, -0.2) is 8.42 Å². The number of halogens is 1. The van der Waals surface area contributed by atoms with Crippen molar-refractivity contribution in [2.45, 2.75) is 12.5 Å². The third-order valence-corrected chi connectivity index (χ3v) is 3.74. The summed E-state index contributed by atoms with van der Waals surface area (Å²) < 4.78 is 26.8. The van der Waals surface area contributed by atoms with Crippen LogP contribution in [0.2, 0.25) is 0 Å². The first-order valence-electron chi connectivity index (χ1n) is 4.07. The molecule has 0 aromatic rings. The third-order valence-electron chi connectivity index (χ3n) is 1.97. The van der Waals surface area contributed by atoms with Crippen LogP contribution in [-0.4, -0.2) is 46.2 Å². The lowest BCUT2D eigenvalue weighted by Crippen LogP contribution is -2.32. The van der Waals surface area contributed by atoms with Crippen LogP contribution in [0.25, 0.3) is 0 Å². The molecule has 0 bridgehead atoms. The van der Waals surface area contributed by atoms with Crippen LogP contribution >= 0.6 is 12.4 Å². The van der Waals surface area contributed by atoms with Gasteiger partial charge in [-0.1, -0.05) is 0 Å². The molecule has 1 atom stereocenters. The first kappa shape index (κ1) is 13.2. The Balaban J connectivity index is 0.00000144. The van der Waals surface area contributed by atoms with Crippen molar-refractivity contribution in [3.63, 3.8) is 0 Å². The quantitative estimate of drug-likeness (QED) is 0.681. The van der Waals surface area contributed by atoms with Crippen LogP contribution in [0.4, 0.5) is 0 Å². The minimum atomic E-state index is -2.74. The van der Waals surface area contributed by atoms with Crippen molar-refractivity contribution in [2.24, 2.45) is 0 Å². The molecular formula is C7H16ClNO3S. The largest absolute Gasteiger partial charge is 0.383 e. The summed E-state index contributed by atoms with van der Waals surface area (Å²) in [7, 11) is -1.10. The predicted molar refractivity (Wildman–Crippen MR) is 54.2 cm³/mol. The number of nitrogens with one attached hydrogen (secondary N) is 1. The molecule has 6 heteroatoms. The van der Waals surface area contributed by atoms with Gasteiger partial charge in [-0.3, -0.25) is 0 Å². The maximum atomic E-state index is 11.0. The topological polar surface area (TPSA) is 55.4 Å². The number of ether oxygens (including phenoxy) is 1. The zero-order chi connectivity index (χ0) is 9.03. The second-order valence-electron chi connectivity index (χ2n) is 3.05. The third kappa shape index (κ3) is 4.81. The Morgan fingerprint density at radius 3 is 2.69 bits per heavy atom. The Labute approximate surface area is 85.4 Å². The molecule has 4 nitrogen and oxygen atoms in total. The van der Waals surface area contributed by atoms with Gasteiger partial charge < -0.3 is 10.1 Å². The van der Waals surface area contributed by atoms with Gasteiger partial charge in [-0.05, 0) is 6.42 Å². The molecule has 0 radical (unpaired) electrons. The van der Waals surface area contributed by atoms with Crippen LogP contribution in [-0.2, 0) is 14.6 Å². The molecule has 80 valence electrons. The van der Waals surface area contributed by atoms with Gasteiger partial charge in [0, 0.05) is 19.7 Å². The van der Waals surface area contributed by atoms with E-state index in [2.05, 4.69) is 5.32 Å². The predicted octanol–water partition coefficient (Wildman–Crippen LogP) is -0.169. The van der Waals surface area contributed by atoms with Crippen molar-refractivity contribution in [3.05, 3.63) is 0 Å². The first-order valence-corrected chi connectivity index (χ1v) is 5.89. The highest BCUT2D eigenvalue weighted by Crippen LogP contribution is 2.10. The van der Waals surface area contributed by atoms with Gasteiger partial charge in [0.1, 0.15) is 0 Å². The lowest BCUT2D eigenvalue weighted by atomic mass is 10.3. The van der Waals surface area contributed by atoms with E-state index >= 15 is 0 Å². The minimum Gasteiger partial charge on any atom is -0.383 e. The summed E-state index contributed by atoms with van der Waals surface area (Å²) in [5.41, 5.74) is 0. The molecule has 1 unspecified atom stereocenters. The molecule has 0 aromatic carbocycles. The van der Waals surface area contributed by atoms with Crippen LogP contribution < -0.4 is 5.32 Å². The molecule has 1 aliphatic rings. The van der Waals surface area contributed by atoms with Crippen molar-refractivity contribution in [1.29, 1.82) is 0 Å². The van der Waals surface area contributed by atoms with E-state index in [9.17, 15) is 8.42 Å². The molecule has 0 spiro atoms. The van der Waals surface area contributed by atoms with Crippen LogP contribution in [0.5, 0.6) is 0 Å². The summed E-state index contributed by atoms with van der Waals surface area (Å²) in [5.74, 6) is 0.619. The van der Waals surface area contributed by atoms with E-state index in [-0.39, 0.29) is 24.2 Å². The first-order chi connectivity index (χ1) is 5.64. The smallest absolute Gasteiger partial charge is 0.151 e. The number of rotatable bonds is 4. The van der Waals surface area contributed by atoms with Gasteiger partial charge in [0.25, 0.3) is 0 Å². The Kier molecular flexibility index (Phi) is 5.87. The molecule has 0 amide bonds. The molecule has 1 heterocycles. The van der Waals surface area contributed by atoms with Crippen LogP contribution in [0.1, 0.15) is 6.42 Å². The summed E-state index contributed by atoms with van der Waals surface area (Å²) in [6, 6.07) is 0.144. The average molecular weight is 230 g/mol. The SMILES string of the molecule is COCCNC1CCS(=O)(=O)C1.Cl. The molecule has 1 fully saturated rings. The fourth-order valence-corrected chi connectivity index (χ4v) is 3.03. The highest BCUT2D eigenvalue weighted by Gasteiger charge is 2.26. The highest BCUT2D eigenvalue weighted by molar-refractivity contribution is 7.91. The lowest BCUT2D eigenvalue weighted by molar-refractivity contribution is 0.196. The van der Waals surface area contributed by atoms with Gasteiger partial charge in [0.05, 0.1) is 18.1 Å². The number of methoxy groups -OCH3 is 1. The standard InChI is InChI=1S/C7H15NO3S.ClH/c1-11-4-3-8-7-2-5-12(9,10)6-7;/h7-8H,2-6H2,1H3;1H. The summed E-state index contributed by atoms with van der Waals surface area (Å²) in [5, 5.41) is 3.13. The van der Waals surface area contributed by atoms with Gasteiger partial charge in [0.2, 0.25) is 0 Å². The minimum absolute atomic E-state index is 0. The number of hydrogen-bond donors (Lipinski definition) is 1. The monoisotopic (exact) mass is 229 g/mol. The molecule has 1 saturated heterocycles. The van der Waals surface area contributed by atoms with Gasteiger partial charge in [-0.2, -0.15) is 0 Å². The summed E-state index contributed by atoms with van der Waals surface area (Å²) in [6.45, 7) is 1.37. The van der Waals surface area contributed by atoms with Crippen molar-refractivity contribution in [1.82, 2.24) is 5.32 Å². The Morgan fingerprint density at radius 1 is 1.54 bits per heavy atom. The summed E-state index contributed by atoms with van der Waals surface area (Å²) in [6.07, 6.45) is 0.742. The molecular weight excluding hydrogens is 214 g/mol. The molecule has 1 N–H and O–H groups in total. The van der Waals surface area contributed by atoms with E-state index in [1.54, 1.807) is 7.11 Å². The molecule has 0 aromatic heterocycles. The van der Waals surface area contributed by atoms with E-state index in [1.807, 2.05) is 0 Å². The van der Waals surface area contributed by atoms with Crippen molar-refractivity contribution < 1.29 is 13.2 Å². The summed E-state index contributed by atoms with van der Waals surface area (Å²) in [4.78, 5) is 0. The zero-order valence-electron chi connectivity index (χ0n) is 7.65. The van der Waals surface area contributed by atoms with Crippen molar-refractivity contribution >= 4 is 22.2 Å². The van der Waals surface area contributed by atoms with Gasteiger partial charge in [0.15, 0.2) is 9.84 Å². The van der Waals surface area contributed by atoms with E-state index in [1.165, 1.54) is 0 Å². The molecule has 1 aliphatic heterocycles. The Hall–Kier alpha value is 0.160. The highest BCUT2D eigenvalue weighted by atomic mass is 35.5. The maximum absolute atomic E-state index is 11.0. The fourth-order valence-electron chi connectivity index (χ4n) is 1.32. The second kappa shape index (κ2) is 5.80. The average Bonchev–Trinajstić information content (AvgIpc) is 2.31. The normalized spacial score (nSPS) is 25.5. The Bertz CT molecular complexity index is 230. The van der Waals surface area contributed by atoms with Crippen LogP contribution in [0, 0.1) is 0 Å². The van der Waals surface area contributed by atoms with Crippen molar-refractivity contribution in [3.8, 4) is 0 Å².